The zero-order chi connectivity index (χ0) is 21.8. The number of ether oxygens (including phenoxy) is 1. The number of amides is 2. The van der Waals surface area contributed by atoms with Crippen LogP contribution in [0, 0.1) is 13.8 Å². The molecule has 3 rings (SSSR count). The van der Waals surface area contributed by atoms with Crippen LogP contribution in [0.25, 0.3) is 0 Å². The number of hydrogen-bond donors (Lipinski definition) is 1. The van der Waals surface area contributed by atoms with Gasteiger partial charge in [-0.2, -0.15) is 0 Å². The van der Waals surface area contributed by atoms with Crippen LogP contribution in [0.15, 0.2) is 53.2 Å². The van der Waals surface area contributed by atoms with Gasteiger partial charge in [0.25, 0.3) is 11.8 Å². The van der Waals surface area contributed by atoms with E-state index in [4.69, 9.17) is 16.3 Å². The molecular formula is C23H23ClN2O4. The van der Waals surface area contributed by atoms with Gasteiger partial charge in [0.05, 0.1) is 17.9 Å². The quantitative estimate of drug-likeness (QED) is 0.394. The van der Waals surface area contributed by atoms with Crippen LogP contribution in [0.3, 0.4) is 0 Å². The van der Waals surface area contributed by atoms with Crippen LogP contribution in [0.4, 0.5) is 11.4 Å². The number of esters is 1. The monoisotopic (exact) mass is 426 g/mol. The third kappa shape index (κ3) is 4.39. The van der Waals surface area contributed by atoms with Crippen LogP contribution >= 0.6 is 11.6 Å². The number of imide groups is 1. The predicted molar refractivity (Wildman–Crippen MR) is 117 cm³/mol. The van der Waals surface area contributed by atoms with E-state index in [1.54, 1.807) is 30.3 Å². The van der Waals surface area contributed by atoms with Gasteiger partial charge in [-0.05, 0) is 55.7 Å². The van der Waals surface area contributed by atoms with E-state index >= 15 is 0 Å². The van der Waals surface area contributed by atoms with Gasteiger partial charge in [0.2, 0.25) is 0 Å². The Bertz CT molecular complexity index is 1050. The Morgan fingerprint density at radius 2 is 1.87 bits per heavy atom. The Kier molecular flexibility index (Phi) is 6.57. The van der Waals surface area contributed by atoms with Crippen molar-refractivity contribution in [2.24, 2.45) is 0 Å². The summed E-state index contributed by atoms with van der Waals surface area (Å²) in [6.45, 7) is 6.06. The minimum Gasteiger partial charge on any atom is -0.462 e. The molecule has 0 spiro atoms. The van der Waals surface area contributed by atoms with E-state index in [0.29, 0.717) is 23.5 Å². The number of hydrogen-bond acceptors (Lipinski definition) is 5. The molecule has 0 saturated carbocycles. The lowest BCUT2D eigenvalue weighted by Gasteiger charge is -2.18. The maximum absolute atomic E-state index is 13.0. The Morgan fingerprint density at radius 1 is 1.10 bits per heavy atom. The van der Waals surface area contributed by atoms with Gasteiger partial charge in [-0.3, -0.25) is 9.59 Å². The van der Waals surface area contributed by atoms with Crippen molar-refractivity contribution in [3.63, 3.8) is 0 Å². The van der Waals surface area contributed by atoms with Crippen LogP contribution in [-0.2, 0) is 14.3 Å². The number of unbranched alkanes of at least 4 members (excludes halogenated alkanes) is 1. The normalized spacial score (nSPS) is 13.8. The highest BCUT2D eigenvalue weighted by molar-refractivity contribution is 6.53. The first-order valence-electron chi connectivity index (χ1n) is 9.73. The summed E-state index contributed by atoms with van der Waals surface area (Å²) in [6, 6.07) is 12.0. The summed E-state index contributed by atoms with van der Waals surface area (Å²) in [5.74, 6) is -1.58. The largest absolute Gasteiger partial charge is 0.462 e. The molecule has 0 bridgehead atoms. The van der Waals surface area contributed by atoms with E-state index < -0.39 is 17.8 Å². The number of rotatable bonds is 7. The van der Waals surface area contributed by atoms with Crippen LogP contribution in [0.5, 0.6) is 0 Å². The van der Waals surface area contributed by atoms with Gasteiger partial charge >= 0.3 is 5.97 Å². The Hall–Kier alpha value is -3.12. The fraction of sp³-hybridized carbons (Fsp3) is 0.261. The summed E-state index contributed by atoms with van der Waals surface area (Å²) in [5, 5.41) is 2.70. The predicted octanol–water partition coefficient (Wildman–Crippen LogP) is 4.70. The number of nitrogens with one attached hydrogen (secondary N) is 1. The first-order chi connectivity index (χ1) is 14.3. The second-order valence-corrected chi connectivity index (χ2v) is 7.50. The molecule has 0 radical (unpaired) electrons. The van der Waals surface area contributed by atoms with Crippen molar-refractivity contribution in [1.82, 2.24) is 0 Å². The Balaban J connectivity index is 1.82. The van der Waals surface area contributed by atoms with Crippen molar-refractivity contribution in [3.8, 4) is 0 Å². The maximum Gasteiger partial charge on any atom is 0.338 e. The Morgan fingerprint density at radius 3 is 2.60 bits per heavy atom. The number of carbonyl (C=O) groups is 3. The molecule has 2 amide bonds. The van der Waals surface area contributed by atoms with Gasteiger partial charge in [0.15, 0.2) is 0 Å². The van der Waals surface area contributed by atoms with Crippen LogP contribution in [-0.4, -0.2) is 24.4 Å². The van der Waals surface area contributed by atoms with Crippen LogP contribution in [0.2, 0.25) is 0 Å². The molecule has 0 atom stereocenters. The molecule has 1 heterocycles. The summed E-state index contributed by atoms with van der Waals surface area (Å²) in [5.41, 5.74) is 2.97. The average molecular weight is 427 g/mol. The molecule has 2 aromatic rings. The molecule has 7 heteroatoms. The molecule has 0 aliphatic carbocycles. The van der Waals surface area contributed by atoms with Gasteiger partial charge in [-0.1, -0.05) is 43.1 Å². The molecule has 1 aliphatic heterocycles. The fourth-order valence-electron chi connectivity index (χ4n) is 3.05. The van der Waals surface area contributed by atoms with Crippen molar-refractivity contribution in [3.05, 3.63) is 69.9 Å². The van der Waals surface area contributed by atoms with Gasteiger partial charge in [-0.15, -0.1) is 0 Å². The molecule has 156 valence electrons. The molecule has 6 nitrogen and oxygen atoms in total. The fourth-order valence-corrected chi connectivity index (χ4v) is 3.26. The van der Waals surface area contributed by atoms with Gasteiger partial charge in [0.1, 0.15) is 10.7 Å². The molecule has 1 aliphatic rings. The highest BCUT2D eigenvalue weighted by Gasteiger charge is 2.39. The molecular weight excluding hydrogens is 404 g/mol. The van der Waals surface area contributed by atoms with Gasteiger partial charge in [-0.25, -0.2) is 9.69 Å². The third-order valence-corrected chi connectivity index (χ3v) is 5.08. The molecule has 0 fully saturated rings. The van der Waals surface area contributed by atoms with E-state index in [0.717, 1.165) is 28.9 Å². The number of benzene rings is 2. The number of anilines is 2. The van der Waals surface area contributed by atoms with E-state index in [1.807, 2.05) is 32.9 Å². The topological polar surface area (TPSA) is 75.7 Å². The number of carbonyl (C=O) groups excluding carboxylic acids is 3. The average Bonchev–Trinajstić information content (AvgIpc) is 2.93. The van der Waals surface area contributed by atoms with E-state index in [2.05, 4.69) is 5.32 Å². The lowest BCUT2D eigenvalue weighted by molar-refractivity contribution is -0.120. The lowest BCUT2D eigenvalue weighted by atomic mass is 10.1. The van der Waals surface area contributed by atoms with Gasteiger partial charge in [0, 0.05) is 5.69 Å². The highest BCUT2D eigenvalue weighted by Crippen LogP contribution is 2.32. The molecule has 0 unspecified atom stereocenters. The van der Waals surface area contributed by atoms with Crippen LogP contribution in [0.1, 0.15) is 41.3 Å². The summed E-state index contributed by atoms with van der Waals surface area (Å²) in [4.78, 5) is 38.9. The zero-order valence-corrected chi connectivity index (χ0v) is 17.9. The van der Waals surface area contributed by atoms with Crippen molar-refractivity contribution in [2.45, 2.75) is 33.6 Å². The molecule has 30 heavy (non-hydrogen) atoms. The molecule has 0 aromatic heterocycles. The van der Waals surface area contributed by atoms with E-state index in [-0.39, 0.29) is 10.7 Å². The van der Waals surface area contributed by atoms with Gasteiger partial charge < -0.3 is 10.1 Å². The minimum atomic E-state index is -0.590. The molecule has 0 saturated heterocycles. The van der Waals surface area contributed by atoms with E-state index in [9.17, 15) is 14.4 Å². The first kappa shape index (κ1) is 21.6. The number of halogens is 1. The zero-order valence-electron chi connectivity index (χ0n) is 17.1. The first-order valence-corrected chi connectivity index (χ1v) is 10.1. The summed E-state index contributed by atoms with van der Waals surface area (Å²) < 4.78 is 5.22. The SMILES string of the molecule is CCCCOC(=O)c1cccc(NC2=C(Cl)C(=O)N(c3cc(C)ccc3C)C2=O)c1. The standard InChI is InChI=1S/C23H23ClN2O4/c1-4-5-11-30-23(29)16-7-6-8-17(13-16)25-20-19(24)21(27)26(22(20)28)18-12-14(2)9-10-15(18)3/h6-10,12-13,25H,4-5,11H2,1-3H3. The maximum atomic E-state index is 13.0. The summed E-state index contributed by atoms with van der Waals surface area (Å²) in [6.07, 6.45) is 1.71. The van der Waals surface area contributed by atoms with Crippen LogP contribution < -0.4 is 10.2 Å². The second kappa shape index (κ2) is 9.13. The number of nitrogens with zero attached hydrogens (tertiary/aromatic N) is 1. The van der Waals surface area contributed by atoms with Crippen molar-refractivity contribution in [2.75, 3.05) is 16.8 Å². The smallest absolute Gasteiger partial charge is 0.338 e. The summed E-state index contributed by atoms with van der Waals surface area (Å²) >= 11 is 6.21. The van der Waals surface area contributed by atoms with Crippen molar-refractivity contribution in [1.29, 1.82) is 0 Å². The van der Waals surface area contributed by atoms with Crippen molar-refractivity contribution >= 4 is 40.8 Å². The molecule has 2 aromatic carbocycles. The number of aryl methyl sites for hydroxylation is 2. The third-order valence-electron chi connectivity index (χ3n) is 4.73. The highest BCUT2D eigenvalue weighted by atomic mass is 35.5. The lowest BCUT2D eigenvalue weighted by Crippen LogP contribution is -2.33. The summed E-state index contributed by atoms with van der Waals surface area (Å²) in [7, 11) is 0. The Labute approximate surface area is 180 Å². The molecule has 1 N–H and O–H groups in total. The van der Waals surface area contributed by atoms with Crippen molar-refractivity contribution < 1.29 is 19.1 Å². The second-order valence-electron chi connectivity index (χ2n) is 7.12. The minimum absolute atomic E-state index is 0.0286. The van der Waals surface area contributed by atoms with E-state index in [1.165, 1.54) is 0 Å².